The summed E-state index contributed by atoms with van der Waals surface area (Å²) in [5.41, 5.74) is 0. The Morgan fingerprint density at radius 3 is 1.96 bits per heavy atom. The number of amides is 2. The molecule has 0 aromatic carbocycles. The van der Waals surface area contributed by atoms with Crippen LogP contribution in [0.1, 0.15) is 0 Å². The Labute approximate surface area is 133 Å². The molecular formula is C12H9ClN4O6. The first-order valence-electron chi connectivity index (χ1n) is 5.75. The SMILES string of the molecule is O=C(O)C=CC(=O)Nc1cc(Cl)nc(NC(=O)C=CC(=O)O)n1. The van der Waals surface area contributed by atoms with Gasteiger partial charge in [-0.3, -0.25) is 14.9 Å². The summed E-state index contributed by atoms with van der Waals surface area (Å²) in [4.78, 5) is 50.8. The molecule has 10 nitrogen and oxygen atoms in total. The van der Waals surface area contributed by atoms with Crippen molar-refractivity contribution >= 4 is 47.1 Å². The highest BCUT2D eigenvalue weighted by Gasteiger charge is 2.08. The zero-order valence-electron chi connectivity index (χ0n) is 11.2. The van der Waals surface area contributed by atoms with Crippen LogP contribution in [0.2, 0.25) is 5.15 Å². The van der Waals surface area contributed by atoms with Gasteiger partial charge in [-0.1, -0.05) is 11.6 Å². The molecule has 1 aromatic rings. The molecule has 0 bridgehead atoms. The van der Waals surface area contributed by atoms with E-state index in [1.54, 1.807) is 0 Å². The Hall–Kier alpha value is -3.27. The van der Waals surface area contributed by atoms with E-state index in [4.69, 9.17) is 21.8 Å². The van der Waals surface area contributed by atoms with E-state index in [9.17, 15) is 19.2 Å². The van der Waals surface area contributed by atoms with Gasteiger partial charge in [-0.15, -0.1) is 0 Å². The van der Waals surface area contributed by atoms with Crippen LogP contribution in [0, 0.1) is 0 Å². The zero-order valence-corrected chi connectivity index (χ0v) is 11.9. The van der Waals surface area contributed by atoms with Gasteiger partial charge >= 0.3 is 11.9 Å². The van der Waals surface area contributed by atoms with Crippen molar-refractivity contribution < 1.29 is 29.4 Å². The fraction of sp³-hybridized carbons (Fsp3) is 0. The van der Waals surface area contributed by atoms with E-state index in [0.29, 0.717) is 12.2 Å². The average molecular weight is 341 g/mol. The molecule has 120 valence electrons. The number of carboxylic acids is 2. The monoisotopic (exact) mass is 340 g/mol. The summed E-state index contributed by atoms with van der Waals surface area (Å²) in [5, 5.41) is 21.0. The van der Waals surface area contributed by atoms with Gasteiger partial charge in [-0.05, 0) is 0 Å². The molecule has 0 fully saturated rings. The van der Waals surface area contributed by atoms with Crippen molar-refractivity contribution in [1.29, 1.82) is 0 Å². The number of halogens is 1. The van der Waals surface area contributed by atoms with Crippen molar-refractivity contribution in [1.82, 2.24) is 9.97 Å². The molecule has 23 heavy (non-hydrogen) atoms. The second-order valence-electron chi connectivity index (χ2n) is 3.72. The second-order valence-corrected chi connectivity index (χ2v) is 4.11. The molecule has 0 aliphatic carbocycles. The number of carbonyl (C=O) groups is 4. The summed E-state index contributed by atoms with van der Waals surface area (Å²) in [6.07, 6.45) is 2.73. The average Bonchev–Trinajstić information content (AvgIpc) is 2.42. The van der Waals surface area contributed by atoms with Gasteiger partial charge in [0, 0.05) is 30.4 Å². The van der Waals surface area contributed by atoms with E-state index in [1.165, 1.54) is 0 Å². The van der Waals surface area contributed by atoms with Gasteiger partial charge in [-0.25, -0.2) is 14.6 Å². The maximum atomic E-state index is 11.4. The fourth-order valence-corrected chi connectivity index (χ4v) is 1.33. The number of carboxylic acid groups (broad SMARTS) is 2. The Morgan fingerprint density at radius 2 is 1.43 bits per heavy atom. The van der Waals surface area contributed by atoms with Crippen LogP contribution in [-0.2, 0) is 19.2 Å². The highest BCUT2D eigenvalue weighted by atomic mass is 35.5. The third-order valence-corrected chi connectivity index (χ3v) is 2.13. The molecule has 2 amide bonds. The quantitative estimate of drug-likeness (QED) is 0.424. The number of carbonyl (C=O) groups excluding carboxylic acids is 2. The minimum absolute atomic E-state index is 0.0949. The molecule has 11 heteroatoms. The first-order chi connectivity index (χ1) is 10.8. The zero-order chi connectivity index (χ0) is 17.4. The molecular weight excluding hydrogens is 332 g/mol. The molecule has 4 N–H and O–H groups in total. The minimum Gasteiger partial charge on any atom is -0.478 e. The van der Waals surface area contributed by atoms with Crippen LogP contribution in [-0.4, -0.2) is 43.9 Å². The van der Waals surface area contributed by atoms with Crippen molar-refractivity contribution in [3.63, 3.8) is 0 Å². The predicted octanol–water partition coefficient (Wildman–Crippen LogP) is 0.289. The summed E-state index contributed by atoms with van der Waals surface area (Å²) in [6, 6.07) is 1.16. The second kappa shape index (κ2) is 8.24. The van der Waals surface area contributed by atoms with Gasteiger partial charge in [0.15, 0.2) is 0 Å². The molecule has 0 saturated heterocycles. The van der Waals surface area contributed by atoms with Gasteiger partial charge in [0.1, 0.15) is 11.0 Å². The molecule has 1 rings (SSSR count). The molecule has 1 aromatic heterocycles. The van der Waals surface area contributed by atoms with Crippen LogP contribution in [0.25, 0.3) is 0 Å². The molecule has 0 atom stereocenters. The Kier molecular flexibility index (Phi) is 6.37. The summed E-state index contributed by atoms with van der Waals surface area (Å²) in [7, 11) is 0. The molecule has 0 aliphatic rings. The van der Waals surface area contributed by atoms with Crippen LogP contribution < -0.4 is 10.6 Å². The van der Waals surface area contributed by atoms with E-state index in [-0.39, 0.29) is 16.9 Å². The lowest BCUT2D eigenvalue weighted by molar-refractivity contribution is -0.132. The van der Waals surface area contributed by atoms with Crippen LogP contribution in [0.15, 0.2) is 30.4 Å². The normalized spacial score (nSPS) is 10.7. The standard InChI is InChI=1S/C12H9ClN4O6/c13-6-5-7(15-8(18)1-3-10(20)21)16-12(14-6)17-9(19)2-4-11(22)23/h1-5H,(H,20,21)(H,22,23)(H2,14,15,16,17,18,19). The lowest BCUT2D eigenvalue weighted by Gasteiger charge is -2.05. The van der Waals surface area contributed by atoms with Gasteiger partial charge in [-0.2, -0.15) is 4.98 Å². The highest BCUT2D eigenvalue weighted by Crippen LogP contribution is 2.14. The van der Waals surface area contributed by atoms with E-state index < -0.39 is 23.8 Å². The van der Waals surface area contributed by atoms with Crippen molar-refractivity contribution in [2.24, 2.45) is 0 Å². The van der Waals surface area contributed by atoms with E-state index in [0.717, 1.165) is 18.2 Å². The van der Waals surface area contributed by atoms with Crippen molar-refractivity contribution in [2.45, 2.75) is 0 Å². The first kappa shape index (κ1) is 17.8. The molecule has 1 heterocycles. The molecule has 0 saturated carbocycles. The van der Waals surface area contributed by atoms with Gasteiger partial charge in [0.05, 0.1) is 0 Å². The van der Waals surface area contributed by atoms with E-state index >= 15 is 0 Å². The summed E-state index contributed by atoms with van der Waals surface area (Å²) < 4.78 is 0. The van der Waals surface area contributed by atoms with Crippen molar-refractivity contribution in [3.05, 3.63) is 35.5 Å². The number of anilines is 2. The topological polar surface area (TPSA) is 159 Å². The van der Waals surface area contributed by atoms with Crippen molar-refractivity contribution in [3.8, 4) is 0 Å². The third-order valence-electron chi connectivity index (χ3n) is 1.94. The summed E-state index contributed by atoms with van der Waals surface area (Å²) in [5.74, 6) is -4.61. The minimum atomic E-state index is -1.31. The van der Waals surface area contributed by atoms with Crippen LogP contribution in [0.5, 0.6) is 0 Å². The molecule has 0 aliphatic heterocycles. The molecule has 0 spiro atoms. The molecule has 0 radical (unpaired) electrons. The number of aliphatic carboxylic acids is 2. The summed E-state index contributed by atoms with van der Waals surface area (Å²) >= 11 is 5.69. The smallest absolute Gasteiger partial charge is 0.328 e. The Bertz CT molecular complexity index is 659. The summed E-state index contributed by atoms with van der Waals surface area (Å²) in [6.45, 7) is 0. The number of hydrogen-bond donors (Lipinski definition) is 4. The van der Waals surface area contributed by atoms with Crippen LogP contribution in [0.4, 0.5) is 11.8 Å². The number of hydrogen-bond acceptors (Lipinski definition) is 6. The number of nitrogens with one attached hydrogen (secondary N) is 2. The van der Waals surface area contributed by atoms with Crippen molar-refractivity contribution in [2.75, 3.05) is 10.6 Å². The lowest BCUT2D eigenvalue weighted by Crippen LogP contribution is -2.14. The maximum Gasteiger partial charge on any atom is 0.328 e. The predicted molar refractivity (Wildman–Crippen MR) is 77.9 cm³/mol. The number of nitrogens with zero attached hydrogens (tertiary/aromatic N) is 2. The van der Waals surface area contributed by atoms with Crippen LogP contribution in [0.3, 0.4) is 0 Å². The van der Waals surface area contributed by atoms with Gasteiger partial charge in [0.2, 0.25) is 11.9 Å². The van der Waals surface area contributed by atoms with Crippen LogP contribution >= 0.6 is 11.6 Å². The Balaban J connectivity index is 2.83. The number of rotatable bonds is 6. The lowest BCUT2D eigenvalue weighted by atomic mass is 10.4. The maximum absolute atomic E-state index is 11.4. The first-order valence-corrected chi connectivity index (χ1v) is 6.12. The fourth-order valence-electron chi connectivity index (χ4n) is 1.15. The Morgan fingerprint density at radius 1 is 0.913 bits per heavy atom. The number of aromatic nitrogens is 2. The van der Waals surface area contributed by atoms with Gasteiger partial charge in [0.25, 0.3) is 5.91 Å². The van der Waals surface area contributed by atoms with E-state index in [1.807, 2.05) is 0 Å². The molecule has 0 unspecified atom stereocenters. The van der Waals surface area contributed by atoms with Gasteiger partial charge < -0.3 is 15.5 Å². The third kappa shape index (κ3) is 7.34. The highest BCUT2D eigenvalue weighted by molar-refractivity contribution is 6.29. The van der Waals surface area contributed by atoms with E-state index in [2.05, 4.69) is 20.6 Å². The largest absolute Gasteiger partial charge is 0.478 e.